The normalized spacial score (nSPS) is 19.4. The van der Waals surface area contributed by atoms with E-state index in [1.165, 1.54) is 17.7 Å². The first-order valence-electron chi connectivity index (χ1n) is 6.26. The SMILES string of the molecule is CCC1=CN(c2ccnc(OC)c2)C(CC)C1. The summed E-state index contributed by atoms with van der Waals surface area (Å²) < 4.78 is 5.18. The Morgan fingerprint density at radius 2 is 2.29 bits per heavy atom. The van der Waals surface area contributed by atoms with Gasteiger partial charge in [0.05, 0.1) is 7.11 Å². The predicted molar refractivity (Wildman–Crippen MR) is 70.3 cm³/mol. The zero-order chi connectivity index (χ0) is 12.3. The zero-order valence-electron chi connectivity index (χ0n) is 10.8. The van der Waals surface area contributed by atoms with Gasteiger partial charge in [0.25, 0.3) is 0 Å². The van der Waals surface area contributed by atoms with Gasteiger partial charge in [-0.2, -0.15) is 0 Å². The van der Waals surface area contributed by atoms with Crippen LogP contribution in [0.15, 0.2) is 30.1 Å². The lowest BCUT2D eigenvalue weighted by Crippen LogP contribution is -2.25. The summed E-state index contributed by atoms with van der Waals surface area (Å²) in [5.74, 6) is 0.677. The highest BCUT2D eigenvalue weighted by molar-refractivity contribution is 5.54. The summed E-state index contributed by atoms with van der Waals surface area (Å²) in [4.78, 5) is 6.50. The average molecular weight is 232 g/mol. The number of pyridine rings is 1. The summed E-state index contributed by atoms with van der Waals surface area (Å²) in [6.07, 6.45) is 7.55. The molecule has 92 valence electrons. The van der Waals surface area contributed by atoms with Crippen LogP contribution in [-0.4, -0.2) is 18.1 Å². The fraction of sp³-hybridized carbons (Fsp3) is 0.500. The molecule has 3 nitrogen and oxygen atoms in total. The van der Waals surface area contributed by atoms with Crippen molar-refractivity contribution in [1.82, 2.24) is 4.98 Å². The zero-order valence-corrected chi connectivity index (χ0v) is 10.8. The smallest absolute Gasteiger partial charge is 0.214 e. The quantitative estimate of drug-likeness (QED) is 0.795. The molecule has 0 aliphatic carbocycles. The van der Waals surface area contributed by atoms with Crippen molar-refractivity contribution in [2.75, 3.05) is 12.0 Å². The minimum absolute atomic E-state index is 0.581. The third kappa shape index (κ3) is 2.43. The highest BCUT2D eigenvalue weighted by Crippen LogP contribution is 2.31. The summed E-state index contributed by atoms with van der Waals surface area (Å²) in [6, 6.07) is 4.62. The molecule has 0 radical (unpaired) electrons. The van der Waals surface area contributed by atoms with Crippen molar-refractivity contribution in [2.24, 2.45) is 0 Å². The van der Waals surface area contributed by atoms with E-state index in [0.717, 1.165) is 12.8 Å². The van der Waals surface area contributed by atoms with Crippen molar-refractivity contribution < 1.29 is 4.74 Å². The lowest BCUT2D eigenvalue weighted by atomic mass is 10.1. The Balaban J connectivity index is 2.27. The Bertz CT molecular complexity index is 414. The molecule has 1 aliphatic heterocycles. The number of hydrogen-bond donors (Lipinski definition) is 0. The van der Waals surface area contributed by atoms with E-state index in [9.17, 15) is 0 Å². The molecule has 1 aromatic heterocycles. The lowest BCUT2D eigenvalue weighted by molar-refractivity contribution is 0.398. The standard InChI is InChI=1S/C14H20N2O/c1-4-11-8-12(5-2)16(10-11)13-6-7-15-14(9-13)17-3/h6-7,9-10,12H,4-5,8H2,1-3H3. The predicted octanol–water partition coefficient (Wildman–Crippen LogP) is 3.37. The van der Waals surface area contributed by atoms with Crippen LogP contribution in [0.3, 0.4) is 0 Å². The maximum Gasteiger partial charge on any atom is 0.214 e. The van der Waals surface area contributed by atoms with Gasteiger partial charge in [-0.25, -0.2) is 4.98 Å². The maximum atomic E-state index is 5.18. The molecule has 1 aromatic rings. The Labute approximate surface area is 103 Å². The Morgan fingerprint density at radius 1 is 1.47 bits per heavy atom. The molecule has 2 rings (SSSR count). The molecule has 0 saturated carbocycles. The third-order valence-corrected chi connectivity index (χ3v) is 3.36. The van der Waals surface area contributed by atoms with Crippen LogP contribution in [0.25, 0.3) is 0 Å². The fourth-order valence-electron chi connectivity index (χ4n) is 2.29. The number of anilines is 1. The summed E-state index contributed by atoms with van der Waals surface area (Å²) in [5, 5.41) is 0. The molecule has 0 amide bonds. The van der Waals surface area contributed by atoms with E-state index in [4.69, 9.17) is 4.74 Å². The Morgan fingerprint density at radius 3 is 2.94 bits per heavy atom. The molecule has 0 N–H and O–H groups in total. The highest BCUT2D eigenvalue weighted by Gasteiger charge is 2.23. The molecular weight excluding hydrogens is 212 g/mol. The average Bonchev–Trinajstić information content (AvgIpc) is 2.82. The molecule has 1 unspecified atom stereocenters. The van der Waals surface area contributed by atoms with Gasteiger partial charge < -0.3 is 9.64 Å². The molecule has 17 heavy (non-hydrogen) atoms. The topological polar surface area (TPSA) is 25.4 Å². The molecular formula is C14H20N2O. The summed E-state index contributed by atoms with van der Waals surface area (Å²) in [5.41, 5.74) is 2.69. The maximum absolute atomic E-state index is 5.18. The number of ether oxygens (including phenoxy) is 1. The van der Waals surface area contributed by atoms with Crippen molar-refractivity contribution in [1.29, 1.82) is 0 Å². The summed E-state index contributed by atoms with van der Waals surface area (Å²) >= 11 is 0. The lowest BCUT2D eigenvalue weighted by Gasteiger charge is -2.24. The second-order valence-corrected chi connectivity index (χ2v) is 4.37. The van der Waals surface area contributed by atoms with Gasteiger partial charge in [0.15, 0.2) is 0 Å². The van der Waals surface area contributed by atoms with Crippen molar-refractivity contribution >= 4 is 5.69 Å². The fourth-order valence-corrected chi connectivity index (χ4v) is 2.29. The van der Waals surface area contributed by atoms with Gasteiger partial charge in [0, 0.05) is 30.2 Å². The van der Waals surface area contributed by atoms with Crippen LogP contribution in [0.1, 0.15) is 33.1 Å². The van der Waals surface area contributed by atoms with E-state index >= 15 is 0 Å². The summed E-state index contributed by atoms with van der Waals surface area (Å²) in [6.45, 7) is 4.46. The molecule has 0 fully saturated rings. The van der Waals surface area contributed by atoms with Gasteiger partial charge >= 0.3 is 0 Å². The highest BCUT2D eigenvalue weighted by atomic mass is 16.5. The summed E-state index contributed by atoms with van der Waals surface area (Å²) in [7, 11) is 1.65. The molecule has 0 bridgehead atoms. The number of rotatable bonds is 4. The van der Waals surface area contributed by atoms with Crippen molar-refractivity contribution in [3.05, 3.63) is 30.1 Å². The molecule has 0 aromatic carbocycles. The van der Waals surface area contributed by atoms with Gasteiger partial charge in [-0.15, -0.1) is 0 Å². The van der Waals surface area contributed by atoms with Gasteiger partial charge in [0.2, 0.25) is 5.88 Å². The minimum Gasteiger partial charge on any atom is -0.481 e. The van der Waals surface area contributed by atoms with Gasteiger partial charge in [-0.3, -0.25) is 0 Å². The largest absolute Gasteiger partial charge is 0.481 e. The van der Waals surface area contributed by atoms with Crippen molar-refractivity contribution in [3.8, 4) is 5.88 Å². The van der Waals surface area contributed by atoms with E-state index in [2.05, 4.69) is 29.9 Å². The Hall–Kier alpha value is -1.51. The first kappa shape index (κ1) is 12.0. The molecule has 0 spiro atoms. The minimum atomic E-state index is 0.581. The van der Waals surface area contributed by atoms with Crippen LogP contribution in [0.5, 0.6) is 5.88 Å². The number of methoxy groups -OCH3 is 1. The van der Waals surface area contributed by atoms with E-state index in [0.29, 0.717) is 11.9 Å². The van der Waals surface area contributed by atoms with E-state index < -0.39 is 0 Å². The van der Waals surface area contributed by atoms with Crippen LogP contribution in [0, 0.1) is 0 Å². The molecule has 1 aliphatic rings. The Kier molecular flexibility index (Phi) is 3.67. The van der Waals surface area contributed by atoms with Crippen LogP contribution in [0.2, 0.25) is 0 Å². The van der Waals surface area contributed by atoms with Crippen LogP contribution in [0.4, 0.5) is 5.69 Å². The molecule has 0 saturated heterocycles. The first-order valence-corrected chi connectivity index (χ1v) is 6.26. The van der Waals surface area contributed by atoms with Crippen LogP contribution in [-0.2, 0) is 0 Å². The number of nitrogens with zero attached hydrogens (tertiary/aromatic N) is 2. The van der Waals surface area contributed by atoms with Crippen LogP contribution < -0.4 is 9.64 Å². The first-order chi connectivity index (χ1) is 8.28. The van der Waals surface area contributed by atoms with Crippen molar-refractivity contribution in [2.45, 2.75) is 39.2 Å². The van der Waals surface area contributed by atoms with Crippen molar-refractivity contribution in [3.63, 3.8) is 0 Å². The van der Waals surface area contributed by atoms with E-state index in [-0.39, 0.29) is 0 Å². The van der Waals surface area contributed by atoms with E-state index in [1.807, 2.05) is 12.1 Å². The monoisotopic (exact) mass is 232 g/mol. The second-order valence-electron chi connectivity index (χ2n) is 4.37. The molecule has 3 heteroatoms. The van der Waals surface area contributed by atoms with Gasteiger partial charge in [-0.05, 0) is 25.3 Å². The van der Waals surface area contributed by atoms with Gasteiger partial charge in [0.1, 0.15) is 0 Å². The third-order valence-electron chi connectivity index (χ3n) is 3.36. The molecule has 2 heterocycles. The number of hydrogen-bond acceptors (Lipinski definition) is 3. The second kappa shape index (κ2) is 5.21. The van der Waals surface area contributed by atoms with Crippen LogP contribution >= 0.6 is 0 Å². The van der Waals surface area contributed by atoms with Gasteiger partial charge in [-0.1, -0.05) is 19.4 Å². The number of aromatic nitrogens is 1. The van der Waals surface area contributed by atoms with E-state index in [1.54, 1.807) is 13.3 Å². The molecule has 1 atom stereocenters.